The van der Waals surface area contributed by atoms with E-state index in [-0.39, 0.29) is 17.7 Å². The van der Waals surface area contributed by atoms with Gasteiger partial charge in [0.15, 0.2) is 11.3 Å². The highest BCUT2D eigenvalue weighted by molar-refractivity contribution is 5.93. The Hall–Kier alpha value is -4.24. The Balaban J connectivity index is 1.30. The molecular weight excluding hydrogens is 484 g/mol. The average Bonchev–Trinajstić information content (AvgIpc) is 3.39. The molecule has 0 spiro atoms. The Morgan fingerprint density at radius 2 is 1.82 bits per heavy atom. The van der Waals surface area contributed by atoms with Gasteiger partial charge in [0.25, 0.3) is 5.91 Å². The number of ether oxygens (including phenoxy) is 2. The van der Waals surface area contributed by atoms with E-state index in [1.54, 1.807) is 23.9 Å². The normalized spacial score (nSPS) is 14.8. The van der Waals surface area contributed by atoms with Gasteiger partial charge in [0, 0.05) is 55.6 Å². The minimum atomic E-state index is -0.814. The van der Waals surface area contributed by atoms with Crippen molar-refractivity contribution in [2.24, 2.45) is 0 Å². The minimum Gasteiger partial charge on any atom is -0.497 e. The minimum absolute atomic E-state index is 0.0972. The maximum Gasteiger partial charge on any atom is 0.303 e. The molecule has 0 saturated carbocycles. The van der Waals surface area contributed by atoms with Gasteiger partial charge in [-0.05, 0) is 48.1 Å². The second kappa shape index (κ2) is 11.0. The number of carbonyl (C=O) groups is 2. The van der Waals surface area contributed by atoms with Gasteiger partial charge >= 0.3 is 5.97 Å². The fourth-order valence-corrected chi connectivity index (χ4v) is 4.87. The molecule has 3 heterocycles. The largest absolute Gasteiger partial charge is 0.497 e. The zero-order valence-corrected chi connectivity index (χ0v) is 21.2. The number of hydrogen-bond acceptors (Lipinski definition) is 6. The molecule has 2 N–H and O–H groups in total. The number of fused-ring (bicyclic) bond motifs is 1. The van der Waals surface area contributed by atoms with E-state index in [1.807, 2.05) is 42.6 Å². The van der Waals surface area contributed by atoms with E-state index in [0.29, 0.717) is 37.5 Å². The van der Waals surface area contributed by atoms with Crippen LogP contribution in [0.3, 0.4) is 0 Å². The lowest BCUT2D eigenvalue weighted by Crippen LogP contribution is -2.44. The number of aryl methyl sites for hydroxylation is 1. The van der Waals surface area contributed by atoms with Crippen LogP contribution in [-0.4, -0.2) is 58.4 Å². The number of carboxylic acid groups (broad SMARTS) is 1. The van der Waals surface area contributed by atoms with E-state index in [0.717, 1.165) is 40.8 Å². The highest BCUT2D eigenvalue weighted by Gasteiger charge is 2.35. The van der Waals surface area contributed by atoms with Crippen molar-refractivity contribution in [2.45, 2.75) is 31.1 Å². The van der Waals surface area contributed by atoms with E-state index in [2.05, 4.69) is 27.5 Å². The summed E-state index contributed by atoms with van der Waals surface area (Å²) in [5, 5.41) is 16.5. The Kier molecular flexibility index (Phi) is 7.37. The van der Waals surface area contributed by atoms with Crippen molar-refractivity contribution in [3.05, 3.63) is 83.8 Å². The van der Waals surface area contributed by atoms with Crippen molar-refractivity contribution < 1.29 is 24.2 Å². The molecule has 38 heavy (non-hydrogen) atoms. The molecule has 1 amide bonds. The maximum atomic E-state index is 13.1. The first-order chi connectivity index (χ1) is 18.5. The van der Waals surface area contributed by atoms with Crippen molar-refractivity contribution in [3.8, 4) is 16.9 Å². The molecule has 2 aromatic carbocycles. The van der Waals surface area contributed by atoms with Crippen LogP contribution in [0.15, 0.2) is 67.0 Å². The second-order valence-corrected chi connectivity index (χ2v) is 9.57. The van der Waals surface area contributed by atoms with Crippen LogP contribution < -0.4 is 10.1 Å². The highest BCUT2D eigenvalue weighted by Crippen LogP contribution is 2.35. The maximum absolute atomic E-state index is 13.1. The topological polar surface area (TPSA) is 115 Å². The molecule has 9 nitrogen and oxygen atoms in total. The summed E-state index contributed by atoms with van der Waals surface area (Å²) in [5.74, 6) is -0.268. The molecule has 9 heteroatoms. The number of aromatic nitrogens is 3. The van der Waals surface area contributed by atoms with Crippen LogP contribution in [-0.2, 0) is 21.4 Å². The standard InChI is InChI=1S/C29H30N4O5/c1-37-24-9-7-23(8-10-24)29(12-14-38-15-13-29)19-31-28(36)25-16-26-30-17-22(18-33(26)32-25)21-5-2-20(3-6-21)4-11-27(34)35/h2-3,5-10,16-18H,4,11-15,19H2,1H3,(H,31,36)(H,34,35). The summed E-state index contributed by atoms with van der Waals surface area (Å²) in [4.78, 5) is 28.4. The number of carbonyl (C=O) groups excluding carboxylic acids is 1. The van der Waals surface area contributed by atoms with Gasteiger partial charge in [0.2, 0.25) is 0 Å². The second-order valence-electron chi connectivity index (χ2n) is 9.57. The molecule has 196 valence electrons. The van der Waals surface area contributed by atoms with Crippen molar-refractivity contribution in [1.82, 2.24) is 19.9 Å². The predicted molar refractivity (Wildman–Crippen MR) is 141 cm³/mol. The predicted octanol–water partition coefficient (Wildman–Crippen LogP) is 3.90. The summed E-state index contributed by atoms with van der Waals surface area (Å²) in [5.41, 5.74) is 4.54. The molecular formula is C29H30N4O5. The average molecular weight is 515 g/mol. The molecule has 5 rings (SSSR count). The summed E-state index contributed by atoms with van der Waals surface area (Å²) in [7, 11) is 1.65. The lowest BCUT2D eigenvalue weighted by atomic mass is 9.74. The van der Waals surface area contributed by atoms with Crippen LogP contribution in [0.25, 0.3) is 16.8 Å². The molecule has 0 atom stereocenters. The number of nitrogens with zero attached hydrogens (tertiary/aromatic N) is 3. The first kappa shape index (κ1) is 25.4. The van der Waals surface area contributed by atoms with Crippen LogP contribution in [0.4, 0.5) is 0 Å². The Bertz CT molecular complexity index is 1420. The van der Waals surface area contributed by atoms with Gasteiger partial charge in [-0.2, -0.15) is 5.10 Å². The monoisotopic (exact) mass is 514 g/mol. The van der Waals surface area contributed by atoms with Crippen molar-refractivity contribution in [1.29, 1.82) is 0 Å². The number of methoxy groups -OCH3 is 1. The van der Waals surface area contributed by atoms with E-state index in [1.165, 1.54) is 0 Å². The van der Waals surface area contributed by atoms with E-state index < -0.39 is 5.97 Å². The molecule has 1 saturated heterocycles. The van der Waals surface area contributed by atoms with Crippen molar-refractivity contribution >= 4 is 17.5 Å². The number of aliphatic carboxylic acids is 1. The zero-order valence-electron chi connectivity index (χ0n) is 21.2. The smallest absolute Gasteiger partial charge is 0.303 e. The van der Waals surface area contributed by atoms with E-state index in [4.69, 9.17) is 14.6 Å². The third-order valence-electron chi connectivity index (χ3n) is 7.20. The molecule has 0 radical (unpaired) electrons. The third-order valence-corrected chi connectivity index (χ3v) is 7.20. The lowest BCUT2D eigenvalue weighted by Gasteiger charge is -2.38. The molecule has 1 aliphatic heterocycles. The van der Waals surface area contributed by atoms with Gasteiger partial charge in [-0.3, -0.25) is 9.59 Å². The molecule has 1 fully saturated rings. The number of amides is 1. The quantitative estimate of drug-likeness (QED) is 0.348. The van der Waals surface area contributed by atoms with Crippen LogP contribution in [0, 0.1) is 0 Å². The summed E-state index contributed by atoms with van der Waals surface area (Å²) in [6.07, 6.45) is 5.78. The summed E-state index contributed by atoms with van der Waals surface area (Å²) >= 11 is 0. The molecule has 1 aliphatic rings. The van der Waals surface area contributed by atoms with Crippen LogP contribution in [0.1, 0.15) is 40.9 Å². The fourth-order valence-electron chi connectivity index (χ4n) is 4.87. The fraction of sp³-hybridized carbons (Fsp3) is 0.310. The van der Waals surface area contributed by atoms with E-state index >= 15 is 0 Å². The van der Waals surface area contributed by atoms with Gasteiger partial charge in [-0.25, -0.2) is 9.50 Å². The molecule has 0 aliphatic carbocycles. The number of nitrogens with one attached hydrogen (secondary N) is 1. The number of benzene rings is 2. The summed E-state index contributed by atoms with van der Waals surface area (Å²) in [6, 6.07) is 17.4. The first-order valence-corrected chi connectivity index (χ1v) is 12.6. The summed E-state index contributed by atoms with van der Waals surface area (Å²) < 4.78 is 12.5. The number of hydrogen-bond donors (Lipinski definition) is 2. The molecule has 0 unspecified atom stereocenters. The zero-order chi connectivity index (χ0) is 26.5. The first-order valence-electron chi connectivity index (χ1n) is 12.6. The Morgan fingerprint density at radius 1 is 1.08 bits per heavy atom. The highest BCUT2D eigenvalue weighted by atomic mass is 16.5. The number of carboxylic acids is 1. The SMILES string of the molecule is COc1ccc(C2(CNC(=O)c3cc4ncc(-c5ccc(CCC(=O)O)cc5)cn4n3)CCOCC2)cc1. The van der Waals surface area contributed by atoms with Crippen LogP contribution >= 0.6 is 0 Å². The molecule has 0 bridgehead atoms. The van der Waals surface area contributed by atoms with Gasteiger partial charge in [0.1, 0.15) is 5.75 Å². The number of rotatable bonds is 9. The van der Waals surface area contributed by atoms with Gasteiger partial charge in [0.05, 0.1) is 7.11 Å². The molecule has 2 aromatic heterocycles. The van der Waals surface area contributed by atoms with Crippen molar-refractivity contribution in [2.75, 3.05) is 26.9 Å². The van der Waals surface area contributed by atoms with Crippen LogP contribution in [0.2, 0.25) is 0 Å². The molecule has 4 aromatic rings. The third kappa shape index (κ3) is 5.52. The summed E-state index contributed by atoms with van der Waals surface area (Å²) in [6.45, 7) is 1.76. The van der Waals surface area contributed by atoms with Crippen molar-refractivity contribution in [3.63, 3.8) is 0 Å². The Morgan fingerprint density at radius 3 is 2.50 bits per heavy atom. The van der Waals surface area contributed by atoms with Gasteiger partial charge < -0.3 is 19.9 Å². The Labute approximate surface area is 220 Å². The lowest BCUT2D eigenvalue weighted by molar-refractivity contribution is -0.136. The van der Waals surface area contributed by atoms with Gasteiger partial charge in [-0.15, -0.1) is 0 Å². The van der Waals surface area contributed by atoms with Crippen LogP contribution in [0.5, 0.6) is 5.75 Å². The van der Waals surface area contributed by atoms with Gasteiger partial charge in [-0.1, -0.05) is 36.4 Å². The van der Waals surface area contributed by atoms with E-state index in [9.17, 15) is 9.59 Å².